The van der Waals surface area contributed by atoms with Gasteiger partial charge in [-0.25, -0.2) is 0 Å². The fourth-order valence-electron chi connectivity index (χ4n) is 4.59. The molecule has 0 unspecified atom stereocenters. The summed E-state index contributed by atoms with van der Waals surface area (Å²) in [7, 11) is 1.90. The fraction of sp³-hybridized carbons (Fsp3) is 0.174. The normalized spacial score (nSPS) is 12.9. The molecule has 0 atom stereocenters. The molecule has 0 saturated carbocycles. The average molecular weight is 356 g/mol. The van der Waals surface area contributed by atoms with Crippen molar-refractivity contribution in [2.75, 3.05) is 7.05 Å². The Labute approximate surface area is 156 Å². The van der Waals surface area contributed by atoms with Crippen LogP contribution in [-0.2, 0) is 19.4 Å². The minimum Gasteiger partial charge on any atom is -0.508 e. The van der Waals surface area contributed by atoms with E-state index in [-0.39, 0.29) is 5.75 Å². The number of carbonyl (C=O) groups is 1. The number of hydrogen-bond donors (Lipinski definition) is 3. The van der Waals surface area contributed by atoms with Crippen LogP contribution in [0.1, 0.15) is 27.0 Å². The highest BCUT2D eigenvalue weighted by Gasteiger charge is 2.26. The largest absolute Gasteiger partial charge is 0.508 e. The summed E-state index contributed by atoms with van der Waals surface area (Å²) < 4.78 is 0. The predicted molar refractivity (Wildman–Crippen MR) is 108 cm³/mol. The maximum Gasteiger partial charge on any atom is 0.151 e. The molecular formula is C23H20N2O2. The third-order valence-electron chi connectivity index (χ3n) is 5.68. The standard InChI is InChI=1S/C23H20N2O2/c1-24-11-18-19(12-26)21-15-9-7-14(27)10-13(15)6-8-17(21)23-22(18)16-4-2-3-5-20(16)25-23/h2-5,7,9-10,12,24-25,27H,6,8,11H2,1H3. The van der Waals surface area contributed by atoms with Gasteiger partial charge in [-0.1, -0.05) is 24.3 Å². The van der Waals surface area contributed by atoms with Gasteiger partial charge in [0, 0.05) is 28.4 Å². The fourth-order valence-corrected chi connectivity index (χ4v) is 4.59. The monoisotopic (exact) mass is 356 g/mol. The maximum atomic E-state index is 12.3. The predicted octanol–water partition coefficient (Wildman–Crippen LogP) is 4.32. The lowest BCUT2D eigenvalue weighted by Gasteiger charge is -2.24. The van der Waals surface area contributed by atoms with E-state index in [1.807, 2.05) is 31.3 Å². The molecule has 1 aliphatic carbocycles. The number of phenols is 1. The molecule has 0 spiro atoms. The van der Waals surface area contributed by atoms with Gasteiger partial charge in [-0.3, -0.25) is 4.79 Å². The number of rotatable bonds is 3. The first-order valence-electron chi connectivity index (χ1n) is 9.23. The summed E-state index contributed by atoms with van der Waals surface area (Å²) in [4.78, 5) is 15.9. The van der Waals surface area contributed by atoms with E-state index in [4.69, 9.17) is 0 Å². The molecule has 0 fully saturated rings. The van der Waals surface area contributed by atoms with Gasteiger partial charge in [-0.05, 0) is 65.9 Å². The highest BCUT2D eigenvalue weighted by molar-refractivity contribution is 6.15. The minimum absolute atomic E-state index is 0.270. The van der Waals surface area contributed by atoms with Gasteiger partial charge in [0.2, 0.25) is 0 Å². The SMILES string of the molecule is CNCc1c(C=O)c2c(c3[nH]c4ccccc4c13)CCc1cc(O)ccc1-2. The van der Waals surface area contributed by atoms with Crippen molar-refractivity contribution in [3.05, 3.63) is 64.7 Å². The lowest BCUT2D eigenvalue weighted by Crippen LogP contribution is -2.13. The van der Waals surface area contributed by atoms with Crippen molar-refractivity contribution in [1.29, 1.82) is 0 Å². The molecule has 1 aromatic heterocycles. The van der Waals surface area contributed by atoms with Crippen molar-refractivity contribution in [2.24, 2.45) is 0 Å². The van der Waals surface area contributed by atoms with Crippen LogP contribution in [0.25, 0.3) is 32.9 Å². The van der Waals surface area contributed by atoms with Gasteiger partial charge in [0.25, 0.3) is 0 Å². The number of aromatic amines is 1. The number of hydrogen-bond acceptors (Lipinski definition) is 3. The third-order valence-corrected chi connectivity index (χ3v) is 5.68. The molecule has 27 heavy (non-hydrogen) atoms. The van der Waals surface area contributed by atoms with Gasteiger partial charge < -0.3 is 15.4 Å². The molecule has 4 aromatic rings. The molecule has 5 rings (SSSR count). The summed E-state index contributed by atoms with van der Waals surface area (Å²) in [5.41, 5.74) is 8.35. The van der Waals surface area contributed by atoms with E-state index in [9.17, 15) is 9.90 Å². The van der Waals surface area contributed by atoms with Crippen LogP contribution < -0.4 is 5.32 Å². The smallest absolute Gasteiger partial charge is 0.151 e. The van der Waals surface area contributed by atoms with Gasteiger partial charge in [0.05, 0.1) is 5.52 Å². The summed E-state index contributed by atoms with van der Waals surface area (Å²) in [6, 6.07) is 13.7. The Morgan fingerprint density at radius 2 is 2.04 bits per heavy atom. The van der Waals surface area contributed by atoms with Crippen LogP contribution in [-0.4, -0.2) is 23.4 Å². The summed E-state index contributed by atoms with van der Waals surface area (Å²) >= 11 is 0. The van der Waals surface area contributed by atoms with E-state index >= 15 is 0 Å². The molecule has 4 heteroatoms. The lowest BCUT2D eigenvalue weighted by atomic mass is 9.79. The van der Waals surface area contributed by atoms with E-state index in [0.717, 1.165) is 68.8 Å². The van der Waals surface area contributed by atoms with E-state index in [0.29, 0.717) is 6.54 Å². The first-order valence-corrected chi connectivity index (χ1v) is 9.23. The Morgan fingerprint density at radius 3 is 2.85 bits per heavy atom. The molecule has 4 nitrogen and oxygen atoms in total. The lowest BCUT2D eigenvalue weighted by molar-refractivity contribution is 0.112. The number of aromatic nitrogens is 1. The van der Waals surface area contributed by atoms with E-state index < -0.39 is 0 Å². The van der Waals surface area contributed by atoms with Crippen LogP contribution in [0.2, 0.25) is 0 Å². The first kappa shape index (κ1) is 16.1. The number of carbonyl (C=O) groups excluding carboxylic acids is 1. The number of phenolic OH excluding ortho intramolecular Hbond substituents is 1. The highest BCUT2D eigenvalue weighted by Crippen LogP contribution is 2.44. The second-order valence-corrected chi connectivity index (χ2v) is 7.16. The topological polar surface area (TPSA) is 65.1 Å². The summed E-state index contributed by atoms with van der Waals surface area (Å²) in [5.74, 6) is 0.270. The van der Waals surface area contributed by atoms with E-state index in [1.54, 1.807) is 6.07 Å². The Balaban J connectivity index is 1.99. The number of aromatic hydroxyl groups is 1. The van der Waals surface area contributed by atoms with Crippen molar-refractivity contribution < 1.29 is 9.90 Å². The van der Waals surface area contributed by atoms with E-state index in [2.05, 4.69) is 22.4 Å². The quantitative estimate of drug-likeness (QED) is 0.479. The van der Waals surface area contributed by atoms with Gasteiger partial charge in [-0.15, -0.1) is 0 Å². The Bertz CT molecular complexity index is 1220. The molecule has 0 bridgehead atoms. The second-order valence-electron chi connectivity index (χ2n) is 7.16. The molecule has 1 heterocycles. The van der Waals surface area contributed by atoms with Gasteiger partial charge in [0.15, 0.2) is 6.29 Å². The number of H-pyrrole nitrogens is 1. The zero-order valence-electron chi connectivity index (χ0n) is 15.1. The number of nitrogens with one attached hydrogen (secondary N) is 2. The van der Waals surface area contributed by atoms with Crippen LogP contribution in [0.4, 0.5) is 0 Å². The average Bonchev–Trinajstić information content (AvgIpc) is 3.07. The highest BCUT2D eigenvalue weighted by atomic mass is 16.3. The molecule has 0 aliphatic heterocycles. The first-order chi connectivity index (χ1) is 13.2. The number of benzene rings is 3. The Kier molecular flexibility index (Phi) is 3.55. The van der Waals surface area contributed by atoms with Crippen molar-refractivity contribution in [3.8, 4) is 16.9 Å². The van der Waals surface area contributed by atoms with Crippen molar-refractivity contribution >= 4 is 28.1 Å². The zero-order valence-corrected chi connectivity index (χ0v) is 15.1. The van der Waals surface area contributed by atoms with Crippen LogP contribution in [0, 0.1) is 0 Å². The number of fused-ring (bicyclic) bond motifs is 7. The molecule has 0 radical (unpaired) electrons. The van der Waals surface area contributed by atoms with E-state index in [1.165, 1.54) is 5.56 Å². The number of para-hydroxylation sites is 1. The van der Waals surface area contributed by atoms with Crippen molar-refractivity contribution in [3.63, 3.8) is 0 Å². The molecule has 3 N–H and O–H groups in total. The summed E-state index contributed by atoms with van der Waals surface area (Å²) in [6.45, 7) is 0.618. The molecule has 3 aromatic carbocycles. The third kappa shape index (κ3) is 2.23. The van der Waals surface area contributed by atoms with Crippen molar-refractivity contribution in [1.82, 2.24) is 10.3 Å². The molecule has 1 aliphatic rings. The maximum absolute atomic E-state index is 12.3. The van der Waals surface area contributed by atoms with Gasteiger partial charge in [0.1, 0.15) is 5.75 Å². The van der Waals surface area contributed by atoms with Crippen molar-refractivity contribution in [2.45, 2.75) is 19.4 Å². The molecule has 0 amide bonds. The minimum atomic E-state index is 0.270. The van der Waals surface area contributed by atoms with Gasteiger partial charge in [-0.2, -0.15) is 0 Å². The number of aldehydes is 1. The summed E-state index contributed by atoms with van der Waals surface area (Å²) in [5, 5.41) is 15.4. The second kappa shape index (κ2) is 5.96. The Hall–Kier alpha value is -3.11. The van der Waals surface area contributed by atoms with Crippen LogP contribution >= 0.6 is 0 Å². The van der Waals surface area contributed by atoms with Crippen LogP contribution in [0.5, 0.6) is 5.75 Å². The Morgan fingerprint density at radius 1 is 1.19 bits per heavy atom. The van der Waals surface area contributed by atoms with Crippen LogP contribution in [0.15, 0.2) is 42.5 Å². The molecule has 0 saturated heterocycles. The molecular weight excluding hydrogens is 336 g/mol. The van der Waals surface area contributed by atoms with Crippen LogP contribution in [0.3, 0.4) is 0 Å². The zero-order chi connectivity index (χ0) is 18.5. The molecule has 134 valence electrons. The summed E-state index contributed by atoms with van der Waals surface area (Å²) in [6.07, 6.45) is 2.69. The van der Waals surface area contributed by atoms with Gasteiger partial charge >= 0.3 is 0 Å². The number of aryl methyl sites for hydroxylation is 2.